The average Bonchev–Trinajstić information content (AvgIpc) is 2.91. The van der Waals surface area contributed by atoms with Gasteiger partial charge in [-0.15, -0.1) is 0 Å². The summed E-state index contributed by atoms with van der Waals surface area (Å²) in [4.78, 5) is 20.5. The SMILES string of the molecule is CCOCCC(=O)N1CCN(Cc2ccncc2)[C@@H]2CS(=O)(=O)C[C@@H]21. The number of aromatic nitrogens is 1. The summed E-state index contributed by atoms with van der Waals surface area (Å²) in [5, 5.41) is 0. The van der Waals surface area contributed by atoms with E-state index in [9.17, 15) is 13.2 Å². The molecular weight excluding hydrogens is 342 g/mol. The Hall–Kier alpha value is -1.51. The molecule has 1 amide bonds. The van der Waals surface area contributed by atoms with E-state index < -0.39 is 9.84 Å². The third-order valence-corrected chi connectivity index (χ3v) is 6.61. The minimum absolute atomic E-state index is 0.0101. The molecule has 0 bridgehead atoms. The van der Waals surface area contributed by atoms with Crippen molar-refractivity contribution in [3.05, 3.63) is 30.1 Å². The monoisotopic (exact) mass is 367 g/mol. The van der Waals surface area contributed by atoms with Crippen molar-refractivity contribution in [1.29, 1.82) is 0 Å². The Kier molecular flexibility index (Phi) is 5.71. The lowest BCUT2D eigenvalue weighted by Gasteiger charge is -2.44. The molecule has 0 N–H and O–H groups in total. The molecule has 1 aromatic heterocycles. The molecule has 3 heterocycles. The number of sulfone groups is 1. The first-order chi connectivity index (χ1) is 12.0. The van der Waals surface area contributed by atoms with E-state index >= 15 is 0 Å². The van der Waals surface area contributed by atoms with Gasteiger partial charge in [0.1, 0.15) is 0 Å². The molecule has 2 aliphatic heterocycles. The molecule has 0 radical (unpaired) electrons. The van der Waals surface area contributed by atoms with Crippen LogP contribution in [0.1, 0.15) is 18.9 Å². The third kappa shape index (κ3) is 4.37. The van der Waals surface area contributed by atoms with Crippen LogP contribution in [-0.4, -0.2) is 79.0 Å². The molecule has 2 aliphatic rings. The fraction of sp³-hybridized carbons (Fsp3) is 0.647. The molecule has 138 valence electrons. The summed E-state index contributed by atoms with van der Waals surface area (Å²) in [6.07, 6.45) is 3.79. The number of carbonyl (C=O) groups is 1. The standard InChI is InChI=1S/C17H25N3O4S/c1-2-24-10-5-17(21)20-9-8-19(11-14-3-6-18-7-4-14)15-12-25(22,23)13-16(15)20/h3-4,6-7,15-16H,2,5,8-13H2,1H3/t15-,16+/m1/s1. The van der Waals surface area contributed by atoms with Gasteiger partial charge in [-0.05, 0) is 24.6 Å². The number of nitrogens with zero attached hydrogens (tertiary/aromatic N) is 3. The van der Waals surface area contributed by atoms with Crippen LogP contribution >= 0.6 is 0 Å². The number of carbonyl (C=O) groups excluding carboxylic acids is 1. The number of rotatable bonds is 6. The van der Waals surface area contributed by atoms with Crippen molar-refractivity contribution < 1.29 is 17.9 Å². The fourth-order valence-corrected chi connectivity index (χ4v) is 5.71. The molecule has 0 unspecified atom stereocenters. The second kappa shape index (κ2) is 7.80. The summed E-state index contributed by atoms with van der Waals surface area (Å²) in [7, 11) is -3.12. The minimum atomic E-state index is -3.12. The zero-order chi connectivity index (χ0) is 17.9. The van der Waals surface area contributed by atoms with Gasteiger partial charge < -0.3 is 9.64 Å². The van der Waals surface area contributed by atoms with Gasteiger partial charge in [0.25, 0.3) is 0 Å². The van der Waals surface area contributed by atoms with E-state index in [-0.39, 0.29) is 29.5 Å². The number of hydrogen-bond donors (Lipinski definition) is 0. The van der Waals surface area contributed by atoms with Gasteiger partial charge in [-0.25, -0.2) is 8.42 Å². The number of ether oxygens (including phenoxy) is 1. The van der Waals surface area contributed by atoms with E-state index in [1.54, 1.807) is 17.3 Å². The number of hydrogen-bond acceptors (Lipinski definition) is 6. The fourth-order valence-electron chi connectivity index (χ4n) is 3.70. The first-order valence-electron chi connectivity index (χ1n) is 8.71. The highest BCUT2D eigenvalue weighted by Crippen LogP contribution is 2.28. The molecule has 2 atom stereocenters. The van der Waals surface area contributed by atoms with Crippen molar-refractivity contribution in [2.24, 2.45) is 0 Å². The van der Waals surface area contributed by atoms with Crippen molar-refractivity contribution >= 4 is 15.7 Å². The summed E-state index contributed by atoms with van der Waals surface area (Å²) in [5.41, 5.74) is 1.11. The van der Waals surface area contributed by atoms with Gasteiger partial charge >= 0.3 is 0 Å². The van der Waals surface area contributed by atoms with E-state index in [0.717, 1.165) is 5.56 Å². The van der Waals surface area contributed by atoms with E-state index in [1.807, 2.05) is 19.1 Å². The molecule has 1 aromatic rings. The van der Waals surface area contributed by atoms with E-state index in [4.69, 9.17) is 4.74 Å². The lowest BCUT2D eigenvalue weighted by atomic mass is 10.0. The van der Waals surface area contributed by atoms with E-state index in [0.29, 0.717) is 39.3 Å². The van der Waals surface area contributed by atoms with Crippen LogP contribution in [0.5, 0.6) is 0 Å². The third-order valence-electron chi connectivity index (χ3n) is 4.91. The van der Waals surface area contributed by atoms with Crippen molar-refractivity contribution in [1.82, 2.24) is 14.8 Å². The van der Waals surface area contributed by atoms with E-state index in [2.05, 4.69) is 9.88 Å². The zero-order valence-electron chi connectivity index (χ0n) is 14.5. The number of piperazine rings is 1. The van der Waals surface area contributed by atoms with Crippen molar-refractivity contribution in [3.63, 3.8) is 0 Å². The maximum atomic E-state index is 12.5. The summed E-state index contributed by atoms with van der Waals surface area (Å²) in [6.45, 7) is 4.78. The van der Waals surface area contributed by atoms with Crippen LogP contribution in [0.4, 0.5) is 0 Å². The highest BCUT2D eigenvalue weighted by molar-refractivity contribution is 7.91. The van der Waals surface area contributed by atoms with Crippen LogP contribution in [0.15, 0.2) is 24.5 Å². The van der Waals surface area contributed by atoms with Gasteiger partial charge in [0.2, 0.25) is 5.91 Å². The average molecular weight is 367 g/mol. The predicted molar refractivity (Wildman–Crippen MR) is 93.7 cm³/mol. The van der Waals surface area contributed by atoms with Crippen LogP contribution in [0, 0.1) is 0 Å². The van der Waals surface area contributed by atoms with Crippen molar-refractivity contribution in [2.45, 2.75) is 32.0 Å². The predicted octanol–water partition coefficient (Wildman–Crippen LogP) is 0.318. The van der Waals surface area contributed by atoms with Gasteiger partial charge in [0, 0.05) is 44.7 Å². The van der Waals surface area contributed by atoms with Crippen molar-refractivity contribution in [2.75, 3.05) is 37.8 Å². The van der Waals surface area contributed by atoms with Crippen LogP contribution in [0.2, 0.25) is 0 Å². The Morgan fingerprint density at radius 1 is 1.24 bits per heavy atom. The van der Waals surface area contributed by atoms with Crippen LogP contribution < -0.4 is 0 Å². The van der Waals surface area contributed by atoms with Gasteiger partial charge in [0.05, 0.1) is 30.6 Å². The Balaban J connectivity index is 1.72. The molecule has 25 heavy (non-hydrogen) atoms. The smallest absolute Gasteiger partial charge is 0.225 e. The lowest BCUT2D eigenvalue weighted by molar-refractivity contribution is -0.138. The Bertz CT molecular complexity index is 695. The van der Waals surface area contributed by atoms with Crippen LogP contribution in [0.25, 0.3) is 0 Å². The molecular formula is C17H25N3O4S. The molecule has 8 heteroatoms. The normalized spacial score (nSPS) is 25.7. The molecule has 0 spiro atoms. The molecule has 0 saturated carbocycles. The molecule has 0 aliphatic carbocycles. The molecule has 2 fully saturated rings. The van der Waals surface area contributed by atoms with Crippen molar-refractivity contribution in [3.8, 4) is 0 Å². The first kappa shape index (κ1) is 18.3. The Morgan fingerprint density at radius 2 is 1.96 bits per heavy atom. The maximum absolute atomic E-state index is 12.5. The number of fused-ring (bicyclic) bond motifs is 1. The summed E-state index contributed by atoms with van der Waals surface area (Å²) >= 11 is 0. The van der Waals surface area contributed by atoms with E-state index in [1.165, 1.54) is 0 Å². The first-order valence-corrected chi connectivity index (χ1v) is 10.5. The highest BCUT2D eigenvalue weighted by Gasteiger charge is 2.47. The van der Waals surface area contributed by atoms with Crippen LogP contribution in [0.3, 0.4) is 0 Å². The minimum Gasteiger partial charge on any atom is -0.381 e. The largest absolute Gasteiger partial charge is 0.381 e. The van der Waals surface area contributed by atoms with Gasteiger partial charge in [-0.3, -0.25) is 14.7 Å². The second-order valence-electron chi connectivity index (χ2n) is 6.57. The Morgan fingerprint density at radius 3 is 2.68 bits per heavy atom. The summed E-state index contributed by atoms with van der Waals surface area (Å²) in [6, 6.07) is 3.49. The van der Waals surface area contributed by atoms with Gasteiger partial charge in [-0.2, -0.15) is 0 Å². The Labute approximate surface area is 148 Å². The lowest BCUT2D eigenvalue weighted by Crippen LogP contribution is -2.60. The van der Waals surface area contributed by atoms with Crippen LogP contribution in [-0.2, 0) is 25.9 Å². The second-order valence-corrected chi connectivity index (χ2v) is 8.73. The zero-order valence-corrected chi connectivity index (χ0v) is 15.3. The number of pyridine rings is 1. The topological polar surface area (TPSA) is 79.8 Å². The maximum Gasteiger partial charge on any atom is 0.225 e. The number of amides is 1. The van der Waals surface area contributed by atoms with Gasteiger partial charge in [0.15, 0.2) is 9.84 Å². The summed E-state index contributed by atoms with van der Waals surface area (Å²) in [5.74, 6) is 0.173. The van der Waals surface area contributed by atoms with Gasteiger partial charge in [-0.1, -0.05) is 0 Å². The molecule has 7 nitrogen and oxygen atoms in total. The molecule has 2 saturated heterocycles. The molecule has 0 aromatic carbocycles. The quantitative estimate of drug-likeness (QED) is 0.674. The molecule has 3 rings (SSSR count). The highest BCUT2D eigenvalue weighted by atomic mass is 32.2. The summed E-state index contributed by atoms with van der Waals surface area (Å²) < 4.78 is 29.7.